The molecule has 10 aromatic carbocycles. The Morgan fingerprint density at radius 3 is 1.47 bits per heavy atom. The second-order valence-corrected chi connectivity index (χ2v) is 13.8. The summed E-state index contributed by atoms with van der Waals surface area (Å²) in [6.07, 6.45) is 0. The number of nitrogens with zero attached hydrogens (tertiary/aromatic N) is 1. The quantitative estimate of drug-likeness (QED) is 0.150. The summed E-state index contributed by atoms with van der Waals surface area (Å²) < 4.78 is 79.3. The van der Waals surface area contributed by atoms with Crippen molar-refractivity contribution in [2.45, 2.75) is 0 Å². The largest absolute Gasteiger partial charge is 0.311 e. The van der Waals surface area contributed by atoms with Gasteiger partial charge in [0.15, 0.2) is 0 Å². The highest BCUT2D eigenvalue weighted by atomic mass is 15.1. The molecule has 0 aliphatic rings. The highest BCUT2D eigenvalue weighted by molar-refractivity contribution is 6.04. The van der Waals surface area contributed by atoms with Gasteiger partial charge in [0.1, 0.15) is 0 Å². The first kappa shape index (κ1) is 25.6. The van der Waals surface area contributed by atoms with Crippen molar-refractivity contribution in [2.24, 2.45) is 0 Å². The first-order valence-electron chi connectivity index (χ1n) is 23.4. The SMILES string of the molecule is [2H]c1c([2H])c([2H])c(-c2c([2H])c([2H])c(N(c3ccc(-c4ccc(-c5cccc6ccccc56)cc4)cc3)c3ccc(-c4ccc5ccccc5c4-c4ccccc4)cc3)c([2H])c2[2H])c([2H])c1[2H]. The Bertz CT molecular complexity index is 3440. The van der Waals surface area contributed by atoms with Crippen molar-refractivity contribution >= 4 is 38.6 Å². The Hall–Kier alpha value is -7.48. The molecule has 0 aromatic heterocycles. The number of anilines is 3. The van der Waals surface area contributed by atoms with E-state index >= 15 is 0 Å². The molecule has 0 unspecified atom stereocenters. The molecule has 10 rings (SSSR count). The Labute approximate surface area is 347 Å². The molecular formula is C56H39N. The second kappa shape index (κ2) is 15.0. The van der Waals surface area contributed by atoms with Gasteiger partial charge in [0, 0.05) is 17.1 Å². The van der Waals surface area contributed by atoms with Crippen molar-refractivity contribution in [2.75, 3.05) is 4.90 Å². The summed E-state index contributed by atoms with van der Waals surface area (Å²) >= 11 is 0. The van der Waals surface area contributed by atoms with E-state index in [0.29, 0.717) is 11.4 Å². The minimum atomic E-state index is -0.626. The van der Waals surface area contributed by atoms with E-state index in [1.807, 2.05) is 91.0 Å². The molecule has 1 heteroatoms. The van der Waals surface area contributed by atoms with Gasteiger partial charge in [0.2, 0.25) is 0 Å². The predicted octanol–water partition coefficient (Wildman–Crippen LogP) is 15.8. The van der Waals surface area contributed by atoms with Crippen molar-refractivity contribution < 1.29 is 12.3 Å². The topological polar surface area (TPSA) is 3.24 Å². The van der Waals surface area contributed by atoms with E-state index in [4.69, 9.17) is 6.85 Å². The first-order chi connectivity index (χ1) is 32.0. The molecule has 0 saturated heterocycles. The lowest BCUT2D eigenvalue weighted by atomic mass is 9.90. The first-order valence-corrected chi connectivity index (χ1v) is 18.9. The summed E-state index contributed by atoms with van der Waals surface area (Å²) in [6, 6.07) is 56.2. The van der Waals surface area contributed by atoms with Crippen LogP contribution in [0.4, 0.5) is 17.1 Å². The number of benzene rings is 10. The highest BCUT2D eigenvalue weighted by Gasteiger charge is 2.16. The summed E-state index contributed by atoms with van der Waals surface area (Å²) in [4.78, 5) is 1.68. The van der Waals surface area contributed by atoms with E-state index in [1.54, 1.807) is 4.90 Å². The molecule has 0 aliphatic carbocycles. The van der Waals surface area contributed by atoms with Crippen molar-refractivity contribution in [1.82, 2.24) is 0 Å². The maximum Gasteiger partial charge on any atom is 0.0645 e. The van der Waals surface area contributed by atoms with Crippen LogP contribution in [0.1, 0.15) is 12.3 Å². The molecule has 268 valence electrons. The molecule has 0 N–H and O–H groups in total. The fraction of sp³-hybridized carbons (Fsp3) is 0. The number of rotatable bonds is 8. The molecule has 10 aromatic rings. The van der Waals surface area contributed by atoms with Gasteiger partial charge < -0.3 is 4.90 Å². The minimum Gasteiger partial charge on any atom is -0.311 e. The third kappa shape index (κ3) is 6.66. The molecule has 0 heterocycles. The summed E-state index contributed by atoms with van der Waals surface area (Å²) in [5.74, 6) is 0. The predicted molar refractivity (Wildman–Crippen MR) is 243 cm³/mol. The zero-order valence-electron chi connectivity index (χ0n) is 39.8. The average molecular weight is 735 g/mol. The Morgan fingerprint density at radius 1 is 0.281 bits per heavy atom. The Balaban J connectivity index is 1.10. The highest BCUT2D eigenvalue weighted by Crippen LogP contribution is 2.41. The molecular weight excluding hydrogens is 687 g/mol. The van der Waals surface area contributed by atoms with E-state index in [-0.39, 0.29) is 16.8 Å². The summed E-state index contributed by atoms with van der Waals surface area (Å²) in [6.45, 7) is 0. The van der Waals surface area contributed by atoms with Gasteiger partial charge in [-0.25, -0.2) is 0 Å². The summed E-state index contributed by atoms with van der Waals surface area (Å²) in [5, 5.41) is 4.57. The van der Waals surface area contributed by atoms with E-state index in [2.05, 4.69) is 91.0 Å². The molecule has 57 heavy (non-hydrogen) atoms. The number of hydrogen-bond acceptors (Lipinski definition) is 1. The third-order valence-corrected chi connectivity index (χ3v) is 10.5. The molecule has 0 aliphatic heterocycles. The van der Waals surface area contributed by atoms with Gasteiger partial charge in [0.25, 0.3) is 0 Å². The summed E-state index contributed by atoms with van der Waals surface area (Å²) in [7, 11) is 0. The van der Waals surface area contributed by atoms with Gasteiger partial charge >= 0.3 is 0 Å². The van der Waals surface area contributed by atoms with Crippen LogP contribution in [-0.4, -0.2) is 0 Å². The van der Waals surface area contributed by atoms with Gasteiger partial charge in [-0.2, -0.15) is 0 Å². The van der Waals surface area contributed by atoms with E-state index < -0.39 is 54.4 Å². The van der Waals surface area contributed by atoms with Crippen molar-refractivity contribution in [3.05, 3.63) is 236 Å². The van der Waals surface area contributed by atoms with Crippen molar-refractivity contribution in [3.8, 4) is 55.6 Å². The lowest BCUT2D eigenvalue weighted by Gasteiger charge is -2.26. The van der Waals surface area contributed by atoms with Crippen LogP contribution in [0, 0.1) is 0 Å². The summed E-state index contributed by atoms with van der Waals surface area (Å²) in [5.41, 5.74) is 8.56. The fourth-order valence-corrected chi connectivity index (χ4v) is 7.67. The molecule has 0 amide bonds. The maximum absolute atomic E-state index is 9.45. The molecule has 0 spiro atoms. The number of fused-ring (bicyclic) bond motifs is 2. The van der Waals surface area contributed by atoms with Gasteiger partial charge in [-0.05, 0) is 114 Å². The lowest BCUT2D eigenvalue weighted by Crippen LogP contribution is -2.09. The maximum atomic E-state index is 9.45. The molecule has 0 saturated carbocycles. The Morgan fingerprint density at radius 2 is 0.789 bits per heavy atom. The van der Waals surface area contributed by atoms with Gasteiger partial charge in [-0.15, -0.1) is 0 Å². The molecule has 0 bridgehead atoms. The fourth-order valence-electron chi connectivity index (χ4n) is 7.67. The van der Waals surface area contributed by atoms with Crippen LogP contribution in [-0.2, 0) is 0 Å². The average Bonchev–Trinajstić information content (AvgIpc) is 3.37. The van der Waals surface area contributed by atoms with Gasteiger partial charge in [-0.1, -0.05) is 200 Å². The Kier molecular flexibility index (Phi) is 6.72. The second-order valence-electron chi connectivity index (χ2n) is 13.8. The molecule has 0 atom stereocenters. The van der Waals surface area contributed by atoms with Crippen LogP contribution in [0.5, 0.6) is 0 Å². The smallest absolute Gasteiger partial charge is 0.0645 e. The van der Waals surface area contributed by atoms with Crippen molar-refractivity contribution in [3.63, 3.8) is 0 Å². The van der Waals surface area contributed by atoms with E-state index in [1.165, 1.54) is 10.8 Å². The van der Waals surface area contributed by atoms with E-state index in [9.17, 15) is 5.48 Å². The van der Waals surface area contributed by atoms with Crippen LogP contribution >= 0.6 is 0 Å². The molecule has 1 nitrogen and oxygen atoms in total. The van der Waals surface area contributed by atoms with Crippen LogP contribution < -0.4 is 4.90 Å². The monoisotopic (exact) mass is 734 g/mol. The van der Waals surface area contributed by atoms with Crippen LogP contribution in [0.3, 0.4) is 0 Å². The van der Waals surface area contributed by atoms with Crippen LogP contribution in [0.15, 0.2) is 236 Å². The standard InChI is InChI=1S/C56H39N/c1-3-12-40(13-4-1)42-26-33-49(34-27-42)57(50-35-28-43(29-36-50)41-22-24-46(25-23-41)53-21-11-18-44-14-7-9-19-52(44)53)51-37-30-47(31-38-51)55-39-32-45-15-8-10-20-54(45)56(55)48-16-5-2-6-17-48/h1-39H/i1D,3D,4D,12D,13D,26D,27D,33D,34D. The minimum absolute atomic E-state index is 0.0586. The van der Waals surface area contributed by atoms with Crippen LogP contribution in [0.25, 0.3) is 77.2 Å². The van der Waals surface area contributed by atoms with Gasteiger partial charge in [-0.3, -0.25) is 0 Å². The van der Waals surface area contributed by atoms with Crippen LogP contribution in [0.2, 0.25) is 0 Å². The lowest BCUT2D eigenvalue weighted by molar-refractivity contribution is 1.28. The number of hydrogen-bond donors (Lipinski definition) is 0. The van der Waals surface area contributed by atoms with Gasteiger partial charge in [0.05, 0.1) is 12.3 Å². The molecule has 0 fully saturated rings. The molecule has 0 radical (unpaired) electrons. The normalized spacial score (nSPS) is 13.4. The van der Waals surface area contributed by atoms with E-state index in [0.717, 1.165) is 55.3 Å². The van der Waals surface area contributed by atoms with Crippen molar-refractivity contribution in [1.29, 1.82) is 0 Å². The zero-order valence-corrected chi connectivity index (χ0v) is 30.8. The zero-order chi connectivity index (χ0) is 45.8. The third-order valence-electron chi connectivity index (χ3n) is 10.5.